The Labute approximate surface area is 234 Å². The number of nitrogens with zero attached hydrogens (tertiary/aromatic N) is 7. The minimum atomic E-state index is -0.0571. The average molecular weight is 535 g/mol. The molecule has 0 saturated carbocycles. The molecule has 0 radical (unpaired) electrons. The number of aromatic nitrogens is 5. The monoisotopic (exact) mass is 534 g/mol. The molecule has 0 bridgehead atoms. The first-order chi connectivity index (χ1) is 19.6. The molecule has 1 aliphatic rings. The maximum Gasteiger partial charge on any atom is 0.253 e. The van der Waals surface area contributed by atoms with Crippen molar-refractivity contribution in [1.29, 1.82) is 5.26 Å². The van der Waals surface area contributed by atoms with Crippen LogP contribution in [-0.2, 0) is 6.54 Å². The summed E-state index contributed by atoms with van der Waals surface area (Å²) in [6.07, 6.45) is 12.3. The molecule has 1 aliphatic heterocycles. The normalized spacial score (nSPS) is 15.5. The van der Waals surface area contributed by atoms with Crippen LogP contribution in [0.1, 0.15) is 61.0 Å². The summed E-state index contributed by atoms with van der Waals surface area (Å²) in [5.41, 5.74) is 3.98. The van der Waals surface area contributed by atoms with E-state index in [9.17, 15) is 10.1 Å². The van der Waals surface area contributed by atoms with Gasteiger partial charge in [-0.25, -0.2) is 9.97 Å². The molecule has 40 heavy (non-hydrogen) atoms. The number of hydrogen-bond donors (Lipinski definition) is 1. The Balaban J connectivity index is 1.22. The molecular weight excluding hydrogens is 500 g/mol. The van der Waals surface area contributed by atoms with Crippen molar-refractivity contribution in [3.05, 3.63) is 84.6 Å². The maximum atomic E-state index is 13.3. The minimum Gasteiger partial charge on any atom is -0.338 e. The van der Waals surface area contributed by atoms with E-state index in [2.05, 4.69) is 38.4 Å². The molecule has 1 amide bonds. The molecule has 4 aromatic rings. The van der Waals surface area contributed by atoms with Crippen LogP contribution in [0.25, 0.3) is 11.3 Å². The van der Waals surface area contributed by atoms with Gasteiger partial charge in [0.05, 0.1) is 30.4 Å². The first kappa shape index (κ1) is 27.0. The molecule has 1 aromatic carbocycles. The summed E-state index contributed by atoms with van der Waals surface area (Å²) in [4.78, 5) is 28.7. The topological polar surface area (TPSA) is 113 Å². The third-order valence-corrected chi connectivity index (χ3v) is 7.28. The number of amides is 1. The highest BCUT2D eigenvalue weighted by atomic mass is 16.2. The summed E-state index contributed by atoms with van der Waals surface area (Å²) < 4.78 is 1.82. The van der Waals surface area contributed by atoms with Crippen LogP contribution in [0.3, 0.4) is 0 Å². The highest BCUT2D eigenvalue weighted by Gasteiger charge is 2.28. The second-order valence-corrected chi connectivity index (χ2v) is 10.2. The van der Waals surface area contributed by atoms with Crippen molar-refractivity contribution in [1.82, 2.24) is 29.6 Å². The third-order valence-electron chi connectivity index (χ3n) is 7.28. The number of benzene rings is 1. The Kier molecular flexibility index (Phi) is 8.76. The predicted molar refractivity (Wildman–Crippen MR) is 154 cm³/mol. The summed E-state index contributed by atoms with van der Waals surface area (Å²) in [6.45, 7) is 4.11. The quantitative estimate of drug-likeness (QED) is 0.241. The molecule has 0 aliphatic carbocycles. The Hall–Kier alpha value is -4.58. The fourth-order valence-corrected chi connectivity index (χ4v) is 5.08. The number of likely N-dealkylation sites (tertiary alicyclic amines) is 1. The highest BCUT2D eigenvalue weighted by Crippen LogP contribution is 2.27. The summed E-state index contributed by atoms with van der Waals surface area (Å²) in [5, 5.41) is 17.2. The summed E-state index contributed by atoms with van der Waals surface area (Å²) in [7, 11) is 0. The Morgan fingerprint density at radius 3 is 2.90 bits per heavy atom. The van der Waals surface area contributed by atoms with Gasteiger partial charge in [-0.15, -0.1) is 0 Å². The number of rotatable bonds is 11. The second-order valence-electron chi connectivity index (χ2n) is 10.2. The molecule has 5 rings (SSSR count). The largest absolute Gasteiger partial charge is 0.338 e. The van der Waals surface area contributed by atoms with Gasteiger partial charge in [-0.05, 0) is 49.2 Å². The lowest BCUT2D eigenvalue weighted by Crippen LogP contribution is -2.28. The lowest BCUT2D eigenvalue weighted by atomic mass is 10.0. The van der Waals surface area contributed by atoms with Gasteiger partial charge in [0.15, 0.2) is 0 Å². The number of anilines is 2. The molecular formula is C31H34N8O. The first-order valence-electron chi connectivity index (χ1n) is 14.0. The third kappa shape index (κ3) is 6.70. The van der Waals surface area contributed by atoms with Gasteiger partial charge in [0, 0.05) is 60.1 Å². The van der Waals surface area contributed by atoms with Crippen LogP contribution in [0.15, 0.2) is 73.3 Å². The maximum absolute atomic E-state index is 13.3. The molecule has 1 fully saturated rings. The van der Waals surface area contributed by atoms with Crippen LogP contribution in [0.2, 0.25) is 0 Å². The van der Waals surface area contributed by atoms with Crippen molar-refractivity contribution in [2.24, 2.45) is 5.92 Å². The van der Waals surface area contributed by atoms with Crippen molar-refractivity contribution in [2.45, 2.75) is 51.5 Å². The Morgan fingerprint density at radius 1 is 1.15 bits per heavy atom. The lowest BCUT2D eigenvalue weighted by Gasteiger charge is -2.17. The van der Waals surface area contributed by atoms with E-state index in [4.69, 9.17) is 0 Å². The lowest BCUT2D eigenvalue weighted by molar-refractivity contribution is 0.0790. The fourth-order valence-electron chi connectivity index (χ4n) is 5.08. The molecule has 1 N–H and O–H groups in total. The van der Waals surface area contributed by atoms with E-state index in [-0.39, 0.29) is 17.7 Å². The molecule has 1 saturated heterocycles. The number of unbranched alkanes of at least 4 members (excludes halogenated alkanes) is 2. The molecule has 9 nitrogen and oxygen atoms in total. The van der Waals surface area contributed by atoms with Gasteiger partial charge in [-0.1, -0.05) is 38.3 Å². The molecule has 4 heterocycles. The highest BCUT2D eigenvalue weighted by molar-refractivity contribution is 5.95. The van der Waals surface area contributed by atoms with Gasteiger partial charge >= 0.3 is 0 Å². The smallest absolute Gasteiger partial charge is 0.253 e. The van der Waals surface area contributed by atoms with E-state index in [0.29, 0.717) is 31.1 Å². The van der Waals surface area contributed by atoms with Crippen LogP contribution in [0, 0.1) is 17.2 Å². The van der Waals surface area contributed by atoms with Gasteiger partial charge in [-0.3, -0.25) is 14.5 Å². The Morgan fingerprint density at radius 2 is 2.08 bits per heavy atom. The van der Waals surface area contributed by atoms with E-state index in [1.165, 1.54) is 0 Å². The van der Waals surface area contributed by atoms with Crippen molar-refractivity contribution >= 4 is 17.5 Å². The molecule has 204 valence electrons. The zero-order valence-corrected chi connectivity index (χ0v) is 22.8. The SMILES string of the molecule is CCCCCC(C#N)Cn1cc(-c2ccnc(Nc3cccc(C(=O)N4CCC(c5ccccn5)C4)c3)n2)cn1. The average Bonchev–Trinajstić information content (AvgIpc) is 3.68. The van der Waals surface area contributed by atoms with Crippen molar-refractivity contribution < 1.29 is 4.79 Å². The molecule has 0 spiro atoms. The van der Waals surface area contributed by atoms with Gasteiger partial charge in [0.25, 0.3) is 5.91 Å². The number of nitrogens with one attached hydrogen (secondary N) is 1. The van der Waals surface area contributed by atoms with Gasteiger partial charge < -0.3 is 10.2 Å². The zero-order chi connectivity index (χ0) is 27.7. The summed E-state index contributed by atoms with van der Waals surface area (Å²) >= 11 is 0. The van der Waals surface area contributed by atoms with E-state index in [1.807, 2.05) is 64.3 Å². The van der Waals surface area contributed by atoms with E-state index < -0.39 is 0 Å². The van der Waals surface area contributed by atoms with Crippen molar-refractivity contribution in [3.63, 3.8) is 0 Å². The van der Waals surface area contributed by atoms with Gasteiger partial charge in [-0.2, -0.15) is 10.4 Å². The summed E-state index contributed by atoms with van der Waals surface area (Å²) in [5.74, 6) is 0.646. The number of carbonyl (C=O) groups is 1. The van der Waals surface area contributed by atoms with Crippen molar-refractivity contribution in [2.75, 3.05) is 18.4 Å². The first-order valence-corrected chi connectivity index (χ1v) is 14.0. The molecule has 3 aromatic heterocycles. The number of carbonyl (C=O) groups excluding carboxylic acids is 1. The van der Waals surface area contributed by atoms with Crippen LogP contribution in [0.5, 0.6) is 0 Å². The minimum absolute atomic E-state index is 0.00883. The second kappa shape index (κ2) is 13.0. The van der Waals surface area contributed by atoms with Crippen LogP contribution >= 0.6 is 0 Å². The molecule has 2 unspecified atom stereocenters. The molecule has 9 heteroatoms. The molecule has 2 atom stereocenters. The summed E-state index contributed by atoms with van der Waals surface area (Å²) in [6, 6.07) is 17.6. The zero-order valence-electron chi connectivity index (χ0n) is 22.8. The van der Waals surface area contributed by atoms with Crippen molar-refractivity contribution in [3.8, 4) is 17.3 Å². The van der Waals surface area contributed by atoms with E-state index >= 15 is 0 Å². The van der Waals surface area contributed by atoms with Gasteiger partial charge in [0.2, 0.25) is 5.95 Å². The fraction of sp³-hybridized carbons (Fsp3) is 0.355. The van der Waals surface area contributed by atoms with Crippen LogP contribution < -0.4 is 5.32 Å². The van der Waals surface area contributed by atoms with E-state index in [1.54, 1.807) is 18.6 Å². The number of nitriles is 1. The number of hydrogen-bond acceptors (Lipinski definition) is 7. The predicted octanol–water partition coefficient (Wildman–Crippen LogP) is 5.83. The standard InChI is InChI=1S/C31H34N8O/c1-2-3-4-8-23(18-32)20-39-22-26(19-35-39)29-12-15-34-31(37-29)36-27-10-7-9-24(17-27)30(40)38-16-13-25(21-38)28-11-5-6-14-33-28/h5-7,9-12,14-15,17,19,22-23,25H,2-4,8,13,16,20-21H2,1H3,(H,34,36,37). The van der Waals surface area contributed by atoms with Crippen LogP contribution in [0.4, 0.5) is 11.6 Å². The Bertz CT molecular complexity index is 1460. The van der Waals surface area contributed by atoms with E-state index in [0.717, 1.165) is 54.7 Å². The van der Waals surface area contributed by atoms with Crippen LogP contribution in [-0.4, -0.2) is 48.6 Å². The number of pyridine rings is 1. The van der Waals surface area contributed by atoms with Gasteiger partial charge in [0.1, 0.15) is 0 Å².